The van der Waals surface area contributed by atoms with E-state index in [1.807, 2.05) is 13.8 Å². The van der Waals surface area contributed by atoms with Crippen molar-refractivity contribution in [3.8, 4) is 11.5 Å². The molecule has 9 heteroatoms. The molecule has 2 aromatic rings. The summed E-state index contributed by atoms with van der Waals surface area (Å²) >= 11 is 0. The zero-order valence-electron chi connectivity index (χ0n) is 17.1. The molecule has 1 heterocycles. The molecule has 0 bridgehead atoms. The van der Waals surface area contributed by atoms with Crippen LogP contribution < -0.4 is 14.8 Å². The summed E-state index contributed by atoms with van der Waals surface area (Å²) in [5.41, 5.74) is 0.779. The molecule has 0 saturated heterocycles. The number of ether oxygens (including phenoxy) is 2. The summed E-state index contributed by atoms with van der Waals surface area (Å²) in [5, 5.41) is 2.82. The number of nitrogens with zero attached hydrogens (tertiary/aromatic N) is 1. The Kier molecular flexibility index (Phi) is 6.24. The molecular formula is C22H21F3N2O4. The van der Waals surface area contributed by atoms with Crippen LogP contribution in [0.25, 0.3) is 5.57 Å². The number of benzene rings is 2. The van der Waals surface area contributed by atoms with E-state index in [4.69, 9.17) is 4.74 Å². The maximum absolute atomic E-state index is 13.1. The van der Waals surface area contributed by atoms with Crippen LogP contribution in [-0.4, -0.2) is 36.7 Å². The van der Waals surface area contributed by atoms with Gasteiger partial charge in [-0.2, -0.15) is 0 Å². The number of hydrogen-bond donors (Lipinski definition) is 1. The average Bonchev–Trinajstić information content (AvgIpc) is 2.91. The highest BCUT2D eigenvalue weighted by Gasteiger charge is 2.39. The summed E-state index contributed by atoms with van der Waals surface area (Å²) in [6.07, 6.45) is -4.85. The molecule has 1 aliphatic rings. The Bertz CT molecular complexity index is 1010. The number of carbonyl (C=O) groups is 2. The summed E-state index contributed by atoms with van der Waals surface area (Å²) in [6, 6.07) is 11.7. The second kappa shape index (κ2) is 8.71. The third kappa shape index (κ3) is 5.17. The smallest absolute Gasteiger partial charge is 0.497 e. The summed E-state index contributed by atoms with van der Waals surface area (Å²) in [7, 11) is 1.51. The van der Waals surface area contributed by atoms with Gasteiger partial charge in [-0.15, -0.1) is 13.2 Å². The SMILES string of the molecule is COc1ccc(C2=C(Nc3cccc(OC(F)(F)F)c3)C(=O)N(CC(C)C)C2=O)cc1. The van der Waals surface area contributed by atoms with Gasteiger partial charge < -0.3 is 14.8 Å². The zero-order valence-corrected chi connectivity index (χ0v) is 17.1. The van der Waals surface area contributed by atoms with Crippen LogP contribution in [0.5, 0.6) is 11.5 Å². The van der Waals surface area contributed by atoms with E-state index in [9.17, 15) is 22.8 Å². The first-order valence-corrected chi connectivity index (χ1v) is 9.46. The van der Waals surface area contributed by atoms with Crippen LogP contribution in [0.4, 0.5) is 18.9 Å². The Hall–Kier alpha value is -3.49. The minimum atomic E-state index is -4.85. The van der Waals surface area contributed by atoms with Crippen molar-refractivity contribution in [2.75, 3.05) is 19.0 Å². The molecule has 0 aliphatic carbocycles. The van der Waals surface area contributed by atoms with Crippen molar-refractivity contribution in [3.05, 3.63) is 59.8 Å². The number of amides is 2. The maximum Gasteiger partial charge on any atom is 0.573 e. The molecule has 2 aromatic carbocycles. The number of anilines is 1. The summed E-state index contributed by atoms with van der Waals surface area (Å²) in [4.78, 5) is 27.2. The normalized spacial score (nSPS) is 14.5. The zero-order chi connectivity index (χ0) is 22.8. The first kappa shape index (κ1) is 22.2. The lowest BCUT2D eigenvalue weighted by atomic mass is 10.0. The standard InChI is InChI=1S/C22H21F3N2O4/c1-13(2)12-27-20(28)18(14-7-9-16(30-3)10-8-14)19(21(27)29)26-15-5-4-6-17(11-15)31-22(23,24)25/h4-11,13,26H,12H2,1-3H3. The topological polar surface area (TPSA) is 67.9 Å². The predicted molar refractivity (Wildman–Crippen MR) is 108 cm³/mol. The van der Waals surface area contributed by atoms with Gasteiger partial charge in [-0.3, -0.25) is 14.5 Å². The lowest BCUT2D eigenvalue weighted by molar-refractivity contribution is -0.274. The molecular weight excluding hydrogens is 413 g/mol. The van der Waals surface area contributed by atoms with E-state index in [0.29, 0.717) is 11.3 Å². The number of halogens is 3. The van der Waals surface area contributed by atoms with Crippen LogP contribution in [0.1, 0.15) is 19.4 Å². The van der Waals surface area contributed by atoms with Crippen molar-refractivity contribution in [3.63, 3.8) is 0 Å². The number of nitrogens with one attached hydrogen (secondary N) is 1. The van der Waals surface area contributed by atoms with Crippen LogP contribution in [-0.2, 0) is 9.59 Å². The minimum absolute atomic E-state index is 0.0139. The van der Waals surface area contributed by atoms with Gasteiger partial charge in [0, 0.05) is 18.3 Å². The average molecular weight is 434 g/mol. The van der Waals surface area contributed by atoms with E-state index in [-0.39, 0.29) is 29.4 Å². The van der Waals surface area contributed by atoms with Gasteiger partial charge in [0.1, 0.15) is 17.2 Å². The van der Waals surface area contributed by atoms with Crippen molar-refractivity contribution in [2.24, 2.45) is 5.92 Å². The maximum atomic E-state index is 13.1. The number of hydrogen-bond acceptors (Lipinski definition) is 5. The number of methoxy groups -OCH3 is 1. The number of imide groups is 1. The molecule has 0 spiro atoms. The Balaban J connectivity index is 2.01. The highest BCUT2D eigenvalue weighted by atomic mass is 19.4. The molecule has 0 aromatic heterocycles. The van der Waals surface area contributed by atoms with Crippen LogP contribution in [0.15, 0.2) is 54.2 Å². The lowest BCUT2D eigenvalue weighted by Crippen LogP contribution is -2.35. The third-order valence-corrected chi connectivity index (χ3v) is 4.43. The fourth-order valence-corrected chi connectivity index (χ4v) is 3.16. The van der Waals surface area contributed by atoms with Gasteiger partial charge in [-0.1, -0.05) is 32.0 Å². The Labute approximate surface area is 177 Å². The Morgan fingerprint density at radius 2 is 1.68 bits per heavy atom. The predicted octanol–water partition coefficient (Wildman–Crippen LogP) is 4.44. The molecule has 1 N–H and O–H groups in total. The van der Waals surface area contributed by atoms with Gasteiger partial charge in [0.2, 0.25) is 0 Å². The molecule has 0 unspecified atom stereocenters. The summed E-state index contributed by atoms with van der Waals surface area (Å²) in [5.74, 6) is -0.861. The Morgan fingerprint density at radius 1 is 1.00 bits per heavy atom. The third-order valence-electron chi connectivity index (χ3n) is 4.43. The monoisotopic (exact) mass is 434 g/mol. The molecule has 164 valence electrons. The van der Waals surface area contributed by atoms with Gasteiger partial charge in [0.15, 0.2) is 0 Å². The second-order valence-electron chi connectivity index (χ2n) is 7.29. The first-order chi connectivity index (χ1) is 14.6. The van der Waals surface area contributed by atoms with Crippen LogP contribution >= 0.6 is 0 Å². The first-order valence-electron chi connectivity index (χ1n) is 9.46. The quantitative estimate of drug-likeness (QED) is 0.653. The van der Waals surface area contributed by atoms with Gasteiger partial charge in [0.05, 0.1) is 12.7 Å². The van der Waals surface area contributed by atoms with E-state index in [2.05, 4.69) is 10.1 Å². The van der Waals surface area contributed by atoms with Gasteiger partial charge in [-0.05, 0) is 35.7 Å². The largest absolute Gasteiger partial charge is 0.573 e. The molecule has 3 rings (SSSR count). The molecule has 6 nitrogen and oxygen atoms in total. The van der Waals surface area contributed by atoms with Crippen molar-refractivity contribution in [1.82, 2.24) is 4.90 Å². The van der Waals surface area contributed by atoms with Gasteiger partial charge >= 0.3 is 6.36 Å². The Morgan fingerprint density at radius 3 is 2.26 bits per heavy atom. The minimum Gasteiger partial charge on any atom is -0.497 e. The molecule has 0 radical (unpaired) electrons. The summed E-state index contributed by atoms with van der Waals surface area (Å²) in [6.45, 7) is 3.95. The van der Waals surface area contributed by atoms with Crippen LogP contribution in [0, 0.1) is 5.92 Å². The fraction of sp³-hybridized carbons (Fsp3) is 0.273. The summed E-state index contributed by atoms with van der Waals surface area (Å²) < 4.78 is 46.7. The molecule has 1 aliphatic heterocycles. The number of alkyl halides is 3. The second-order valence-corrected chi connectivity index (χ2v) is 7.29. The molecule has 0 atom stereocenters. The highest BCUT2D eigenvalue weighted by Crippen LogP contribution is 2.33. The van der Waals surface area contributed by atoms with E-state index in [1.54, 1.807) is 24.3 Å². The van der Waals surface area contributed by atoms with Gasteiger partial charge in [-0.25, -0.2) is 0 Å². The lowest BCUT2D eigenvalue weighted by Gasteiger charge is -2.17. The van der Waals surface area contributed by atoms with Gasteiger partial charge in [0.25, 0.3) is 11.8 Å². The van der Waals surface area contributed by atoms with Crippen molar-refractivity contribution >= 4 is 23.1 Å². The molecule has 2 amide bonds. The van der Waals surface area contributed by atoms with E-state index in [0.717, 1.165) is 17.0 Å². The van der Waals surface area contributed by atoms with Crippen LogP contribution in [0.3, 0.4) is 0 Å². The van der Waals surface area contributed by atoms with Crippen molar-refractivity contribution in [2.45, 2.75) is 20.2 Å². The van der Waals surface area contributed by atoms with Crippen molar-refractivity contribution in [1.29, 1.82) is 0 Å². The van der Waals surface area contributed by atoms with E-state index >= 15 is 0 Å². The van der Waals surface area contributed by atoms with E-state index in [1.165, 1.54) is 19.2 Å². The highest BCUT2D eigenvalue weighted by molar-refractivity contribution is 6.36. The van der Waals surface area contributed by atoms with Crippen LogP contribution in [0.2, 0.25) is 0 Å². The number of carbonyl (C=O) groups excluding carboxylic acids is 2. The molecule has 0 fully saturated rings. The molecule has 0 saturated carbocycles. The number of rotatable bonds is 7. The molecule has 31 heavy (non-hydrogen) atoms. The van der Waals surface area contributed by atoms with E-state index < -0.39 is 23.9 Å². The fourth-order valence-electron chi connectivity index (χ4n) is 3.16. The van der Waals surface area contributed by atoms with Crippen molar-refractivity contribution < 1.29 is 32.2 Å².